The molecule has 3 aromatic rings. The number of aryl methyl sites for hydroxylation is 2. The number of carbonyl (C=O) groups is 4. The lowest BCUT2D eigenvalue weighted by atomic mass is 9.93. The van der Waals surface area contributed by atoms with Gasteiger partial charge >= 0.3 is 11.9 Å². The van der Waals surface area contributed by atoms with E-state index in [9.17, 15) is 29.4 Å². The number of benzene rings is 3. The van der Waals surface area contributed by atoms with Gasteiger partial charge in [0, 0.05) is 29.5 Å². The second kappa shape index (κ2) is 15.1. The molecule has 0 unspecified atom stereocenters. The molecule has 2 N–H and O–H groups in total. The number of ether oxygens (including phenoxy) is 2. The lowest BCUT2D eigenvalue weighted by Gasteiger charge is -2.22. The molecule has 226 valence electrons. The van der Waals surface area contributed by atoms with E-state index in [0.717, 1.165) is 67.4 Å². The summed E-state index contributed by atoms with van der Waals surface area (Å²) < 4.78 is 12.0. The van der Waals surface area contributed by atoms with Crippen molar-refractivity contribution in [3.8, 4) is 11.5 Å². The molecule has 8 nitrogen and oxygen atoms in total. The van der Waals surface area contributed by atoms with Crippen molar-refractivity contribution in [3.05, 3.63) is 93.5 Å². The van der Waals surface area contributed by atoms with Gasteiger partial charge in [-0.2, -0.15) is 0 Å². The predicted octanol–water partition coefficient (Wildman–Crippen LogP) is 6.73. The Kier molecular flexibility index (Phi) is 11.1. The fourth-order valence-electron chi connectivity index (χ4n) is 5.40. The van der Waals surface area contributed by atoms with Crippen LogP contribution in [-0.4, -0.2) is 46.9 Å². The number of unbranched alkanes of at least 4 members (excludes halogenated alkanes) is 3. The molecule has 43 heavy (non-hydrogen) atoms. The Morgan fingerprint density at radius 2 is 1.60 bits per heavy atom. The molecule has 0 aromatic heterocycles. The molecule has 0 fully saturated rings. The third-order valence-corrected chi connectivity index (χ3v) is 7.64. The van der Waals surface area contributed by atoms with E-state index in [4.69, 9.17) is 9.47 Å². The molecule has 8 heteroatoms. The summed E-state index contributed by atoms with van der Waals surface area (Å²) >= 11 is 0. The number of rotatable bonds is 16. The van der Waals surface area contributed by atoms with Crippen molar-refractivity contribution in [3.63, 3.8) is 0 Å². The molecule has 0 spiro atoms. The summed E-state index contributed by atoms with van der Waals surface area (Å²) in [6.45, 7) is 3.06. The molecular weight excluding hydrogens is 548 g/mol. The van der Waals surface area contributed by atoms with Crippen molar-refractivity contribution in [2.24, 2.45) is 0 Å². The average molecular weight is 587 g/mol. The number of ketones is 2. The summed E-state index contributed by atoms with van der Waals surface area (Å²) in [5.41, 5.74) is 4.17. The normalized spacial score (nSPS) is 12.3. The smallest absolute Gasteiger partial charge is 0.335 e. The summed E-state index contributed by atoms with van der Waals surface area (Å²) in [4.78, 5) is 47.9. The molecule has 0 saturated heterocycles. The highest BCUT2D eigenvalue weighted by Crippen LogP contribution is 2.36. The summed E-state index contributed by atoms with van der Waals surface area (Å²) in [7, 11) is 0. The van der Waals surface area contributed by atoms with Crippen LogP contribution >= 0.6 is 0 Å². The molecule has 1 aliphatic heterocycles. The Hall–Kier alpha value is -4.46. The van der Waals surface area contributed by atoms with E-state index in [-0.39, 0.29) is 29.1 Å². The molecule has 1 aliphatic rings. The maximum absolute atomic E-state index is 13.1. The van der Waals surface area contributed by atoms with Crippen molar-refractivity contribution in [2.45, 2.75) is 71.1 Å². The SMILES string of the molecule is CCCc1c(OCCCCCCc2ccc(C(=O)c3cccc(C(=O)O)c3)cc2CCC(=O)O)ccc2c1OCCC2=O. The first-order valence-corrected chi connectivity index (χ1v) is 14.9. The maximum atomic E-state index is 13.1. The second-order valence-corrected chi connectivity index (χ2v) is 10.8. The molecule has 0 atom stereocenters. The second-order valence-electron chi connectivity index (χ2n) is 10.8. The van der Waals surface area contributed by atoms with Crippen LogP contribution in [0.4, 0.5) is 0 Å². The summed E-state index contributed by atoms with van der Waals surface area (Å²) in [5.74, 6) is -0.742. The van der Waals surface area contributed by atoms with Crippen molar-refractivity contribution in [1.82, 2.24) is 0 Å². The van der Waals surface area contributed by atoms with Crippen LogP contribution in [0.3, 0.4) is 0 Å². The van der Waals surface area contributed by atoms with Crippen molar-refractivity contribution >= 4 is 23.5 Å². The molecule has 3 aromatic carbocycles. The number of hydrogen-bond acceptors (Lipinski definition) is 6. The highest BCUT2D eigenvalue weighted by atomic mass is 16.5. The van der Waals surface area contributed by atoms with Crippen LogP contribution in [0.1, 0.15) is 105 Å². The molecule has 0 aliphatic carbocycles. The molecule has 0 saturated carbocycles. The number of hydrogen-bond donors (Lipinski definition) is 2. The number of aliphatic carboxylic acids is 1. The summed E-state index contributed by atoms with van der Waals surface area (Å²) in [6.07, 6.45) is 6.85. The van der Waals surface area contributed by atoms with Crippen molar-refractivity contribution in [2.75, 3.05) is 13.2 Å². The van der Waals surface area contributed by atoms with E-state index >= 15 is 0 Å². The van der Waals surface area contributed by atoms with Gasteiger partial charge in [0.1, 0.15) is 11.5 Å². The van der Waals surface area contributed by atoms with Gasteiger partial charge in [-0.3, -0.25) is 14.4 Å². The molecule has 1 heterocycles. The Labute approximate surface area is 251 Å². The zero-order chi connectivity index (χ0) is 30.8. The summed E-state index contributed by atoms with van der Waals surface area (Å²) in [5, 5.41) is 18.5. The van der Waals surface area contributed by atoms with E-state index in [1.54, 1.807) is 24.3 Å². The summed E-state index contributed by atoms with van der Waals surface area (Å²) in [6, 6.07) is 14.9. The number of carbonyl (C=O) groups excluding carboxylic acids is 2. The number of carboxylic acids is 2. The van der Waals surface area contributed by atoms with Crippen LogP contribution in [0.5, 0.6) is 11.5 Å². The first kappa shape index (κ1) is 31.5. The van der Waals surface area contributed by atoms with Gasteiger partial charge in [0.05, 0.1) is 24.3 Å². The van der Waals surface area contributed by atoms with Crippen molar-refractivity contribution in [1.29, 1.82) is 0 Å². The van der Waals surface area contributed by atoms with E-state index in [1.165, 1.54) is 18.2 Å². The first-order valence-electron chi connectivity index (χ1n) is 14.9. The van der Waals surface area contributed by atoms with Gasteiger partial charge < -0.3 is 19.7 Å². The Morgan fingerprint density at radius 3 is 2.37 bits per heavy atom. The molecular formula is C35H38O8. The van der Waals surface area contributed by atoms with Crippen LogP contribution in [0, 0.1) is 0 Å². The number of Topliss-reactive ketones (excluding diaryl/α,β-unsaturated/α-hetero) is 1. The minimum Gasteiger partial charge on any atom is -0.493 e. The van der Waals surface area contributed by atoms with E-state index in [0.29, 0.717) is 42.9 Å². The third-order valence-electron chi connectivity index (χ3n) is 7.64. The van der Waals surface area contributed by atoms with Crippen LogP contribution in [-0.2, 0) is 24.1 Å². The van der Waals surface area contributed by atoms with Crippen LogP contribution in [0.25, 0.3) is 0 Å². The van der Waals surface area contributed by atoms with Gasteiger partial charge in [-0.1, -0.05) is 50.5 Å². The lowest BCUT2D eigenvalue weighted by Crippen LogP contribution is -2.17. The van der Waals surface area contributed by atoms with Gasteiger partial charge in [-0.25, -0.2) is 4.79 Å². The van der Waals surface area contributed by atoms with Gasteiger partial charge in [0.15, 0.2) is 11.6 Å². The van der Waals surface area contributed by atoms with Gasteiger partial charge in [0.25, 0.3) is 0 Å². The topological polar surface area (TPSA) is 127 Å². The highest BCUT2D eigenvalue weighted by molar-refractivity contribution is 6.10. The lowest BCUT2D eigenvalue weighted by molar-refractivity contribution is -0.136. The number of aromatic carboxylic acids is 1. The average Bonchev–Trinajstić information content (AvgIpc) is 3.00. The zero-order valence-corrected chi connectivity index (χ0v) is 24.5. The monoisotopic (exact) mass is 586 g/mol. The minimum absolute atomic E-state index is 0.0357. The van der Waals surface area contributed by atoms with Crippen LogP contribution < -0.4 is 9.47 Å². The Balaban J connectivity index is 1.32. The Bertz CT molecular complexity index is 1490. The van der Waals surface area contributed by atoms with E-state index < -0.39 is 11.9 Å². The largest absolute Gasteiger partial charge is 0.493 e. The molecule has 0 amide bonds. The van der Waals surface area contributed by atoms with Crippen LogP contribution in [0.15, 0.2) is 54.6 Å². The first-order chi connectivity index (χ1) is 20.8. The Morgan fingerprint density at radius 1 is 0.837 bits per heavy atom. The molecule has 4 rings (SSSR count). The third kappa shape index (κ3) is 8.31. The fraction of sp³-hybridized carbons (Fsp3) is 0.371. The maximum Gasteiger partial charge on any atom is 0.335 e. The highest BCUT2D eigenvalue weighted by Gasteiger charge is 2.24. The standard InChI is InChI=1S/C35H38O8/c1-2-8-29-31(16-15-28-30(36)18-20-43-34(28)29)42-19-6-4-3-5-9-23-12-13-26(21-24(23)14-17-32(37)38)33(39)25-10-7-11-27(22-25)35(40)41/h7,10-13,15-16,21-22H,2-6,8-9,14,17-20H2,1H3,(H,37,38)(H,40,41). The number of carboxylic acid groups (broad SMARTS) is 2. The minimum atomic E-state index is -1.11. The van der Waals surface area contributed by atoms with Crippen molar-refractivity contribution < 1.29 is 38.9 Å². The van der Waals surface area contributed by atoms with Gasteiger partial charge in [-0.15, -0.1) is 0 Å². The van der Waals surface area contributed by atoms with Gasteiger partial charge in [0.2, 0.25) is 0 Å². The van der Waals surface area contributed by atoms with Crippen LogP contribution in [0.2, 0.25) is 0 Å². The molecule has 0 bridgehead atoms. The fourth-order valence-corrected chi connectivity index (χ4v) is 5.40. The quantitative estimate of drug-likeness (QED) is 0.140. The van der Waals surface area contributed by atoms with Gasteiger partial charge in [-0.05, 0) is 73.6 Å². The molecule has 0 radical (unpaired) electrons. The zero-order valence-electron chi connectivity index (χ0n) is 24.5. The number of fused-ring (bicyclic) bond motifs is 1. The predicted molar refractivity (Wildman–Crippen MR) is 162 cm³/mol. The van der Waals surface area contributed by atoms with E-state index in [1.807, 2.05) is 12.1 Å². The van der Waals surface area contributed by atoms with E-state index in [2.05, 4.69) is 6.92 Å².